The van der Waals surface area contributed by atoms with Gasteiger partial charge in [0.25, 0.3) is 0 Å². The van der Waals surface area contributed by atoms with Crippen molar-refractivity contribution in [3.05, 3.63) is 48.0 Å². The van der Waals surface area contributed by atoms with Crippen LogP contribution in [0, 0.1) is 0 Å². The molecule has 0 N–H and O–H groups in total. The van der Waals surface area contributed by atoms with Crippen molar-refractivity contribution in [1.82, 2.24) is 14.8 Å². The molecule has 4 heteroatoms. The molecular formula is C13H15N3O. The van der Waals surface area contributed by atoms with Crippen molar-refractivity contribution >= 4 is 5.78 Å². The highest BCUT2D eigenvalue weighted by molar-refractivity contribution is 5.95. The minimum atomic E-state index is 0.0870. The summed E-state index contributed by atoms with van der Waals surface area (Å²) in [5.41, 5.74) is 1.61. The molecule has 0 atom stereocenters. The summed E-state index contributed by atoms with van der Waals surface area (Å²) in [7, 11) is 0. The predicted octanol–water partition coefficient (Wildman–Crippen LogP) is 2.11. The standard InChI is InChI=1S/C13H15N3O/c1-2-8-16-12(5-7-15-16)13(17)9-11-4-3-6-14-10-11/h3-7,10H,2,8-9H2,1H3. The van der Waals surface area contributed by atoms with Crippen molar-refractivity contribution in [2.45, 2.75) is 26.3 Å². The second-order valence-electron chi connectivity index (χ2n) is 3.90. The van der Waals surface area contributed by atoms with E-state index in [1.165, 1.54) is 0 Å². The Morgan fingerprint density at radius 2 is 2.24 bits per heavy atom. The Morgan fingerprint density at radius 3 is 2.94 bits per heavy atom. The molecule has 0 aliphatic heterocycles. The van der Waals surface area contributed by atoms with E-state index in [-0.39, 0.29) is 5.78 Å². The van der Waals surface area contributed by atoms with Gasteiger partial charge in [-0.1, -0.05) is 13.0 Å². The summed E-state index contributed by atoms with van der Waals surface area (Å²) in [5, 5.41) is 4.15. The molecule has 0 saturated heterocycles. The summed E-state index contributed by atoms with van der Waals surface area (Å²) in [5.74, 6) is 0.0870. The lowest BCUT2D eigenvalue weighted by Gasteiger charge is -2.04. The summed E-state index contributed by atoms with van der Waals surface area (Å²) >= 11 is 0. The van der Waals surface area contributed by atoms with Crippen molar-refractivity contribution in [3.63, 3.8) is 0 Å². The third-order valence-electron chi connectivity index (χ3n) is 2.53. The van der Waals surface area contributed by atoms with Crippen LogP contribution in [0.25, 0.3) is 0 Å². The zero-order valence-corrected chi connectivity index (χ0v) is 9.84. The van der Waals surface area contributed by atoms with Crippen LogP contribution in [0.3, 0.4) is 0 Å². The van der Waals surface area contributed by atoms with E-state index < -0.39 is 0 Å². The van der Waals surface area contributed by atoms with Gasteiger partial charge < -0.3 is 0 Å². The molecule has 4 nitrogen and oxygen atoms in total. The van der Waals surface area contributed by atoms with E-state index in [1.807, 2.05) is 12.1 Å². The lowest BCUT2D eigenvalue weighted by molar-refractivity contribution is 0.0982. The molecule has 0 spiro atoms. The van der Waals surface area contributed by atoms with Gasteiger partial charge in [0.05, 0.1) is 0 Å². The summed E-state index contributed by atoms with van der Waals surface area (Å²) in [6.07, 6.45) is 6.44. The fourth-order valence-electron chi connectivity index (χ4n) is 1.74. The van der Waals surface area contributed by atoms with Gasteiger partial charge in [-0.3, -0.25) is 14.5 Å². The molecule has 17 heavy (non-hydrogen) atoms. The lowest BCUT2D eigenvalue weighted by Crippen LogP contribution is -2.12. The van der Waals surface area contributed by atoms with E-state index >= 15 is 0 Å². The smallest absolute Gasteiger partial charge is 0.185 e. The minimum Gasteiger partial charge on any atom is -0.292 e. The molecular weight excluding hydrogens is 214 g/mol. The maximum absolute atomic E-state index is 12.1. The predicted molar refractivity (Wildman–Crippen MR) is 64.8 cm³/mol. The maximum atomic E-state index is 12.1. The topological polar surface area (TPSA) is 47.8 Å². The molecule has 2 heterocycles. The molecule has 2 aromatic rings. The van der Waals surface area contributed by atoms with Crippen LogP contribution in [0.4, 0.5) is 0 Å². The van der Waals surface area contributed by atoms with Crippen LogP contribution in [0.2, 0.25) is 0 Å². The van der Waals surface area contributed by atoms with Crippen molar-refractivity contribution < 1.29 is 4.79 Å². The van der Waals surface area contributed by atoms with Crippen LogP contribution in [0.5, 0.6) is 0 Å². The average Bonchev–Trinajstić information content (AvgIpc) is 2.79. The lowest BCUT2D eigenvalue weighted by atomic mass is 10.1. The molecule has 0 aliphatic carbocycles. The SMILES string of the molecule is CCCn1nccc1C(=O)Cc1cccnc1. The normalized spacial score (nSPS) is 10.4. The molecule has 0 fully saturated rings. The Balaban J connectivity index is 2.12. The number of pyridine rings is 1. The first-order valence-corrected chi connectivity index (χ1v) is 5.75. The number of carbonyl (C=O) groups excluding carboxylic acids is 1. The van der Waals surface area contributed by atoms with E-state index in [9.17, 15) is 4.79 Å². The zero-order valence-electron chi connectivity index (χ0n) is 9.84. The molecule has 0 radical (unpaired) electrons. The molecule has 0 bridgehead atoms. The number of rotatable bonds is 5. The second-order valence-corrected chi connectivity index (χ2v) is 3.90. The van der Waals surface area contributed by atoms with Crippen LogP contribution >= 0.6 is 0 Å². The van der Waals surface area contributed by atoms with Crippen molar-refractivity contribution in [2.75, 3.05) is 0 Å². The molecule has 0 aromatic carbocycles. The monoisotopic (exact) mass is 229 g/mol. The second kappa shape index (κ2) is 5.39. The Hall–Kier alpha value is -1.97. The molecule has 2 aromatic heterocycles. The van der Waals surface area contributed by atoms with Crippen LogP contribution in [0.1, 0.15) is 29.4 Å². The van der Waals surface area contributed by atoms with Gasteiger partial charge in [-0.25, -0.2) is 0 Å². The highest BCUT2D eigenvalue weighted by Crippen LogP contribution is 2.07. The molecule has 0 saturated carbocycles. The largest absolute Gasteiger partial charge is 0.292 e. The van der Waals surface area contributed by atoms with Crippen LogP contribution < -0.4 is 0 Å². The number of hydrogen-bond donors (Lipinski definition) is 0. The van der Waals surface area contributed by atoms with Gasteiger partial charge in [-0.15, -0.1) is 0 Å². The number of hydrogen-bond acceptors (Lipinski definition) is 3. The Bertz CT molecular complexity index is 490. The van der Waals surface area contributed by atoms with Gasteiger partial charge in [-0.2, -0.15) is 5.10 Å². The zero-order chi connectivity index (χ0) is 12.1. The molecule has 2 rings (SSSR count). The van der Waals surface area contributed by atoms with Crippen molar-refractivity contribution in [3.8, 4) is 0 Å². The van der Waals surface area contributed by atoms with Crippen LogP contribution in [-0.2, 0) is 13.0 Å². The van der Waals surface area contributed by atoms with Gasteiger partial charge >= 0.3 is 0 Å². The van der Waals surface area contributed by atoms with Gasteiger partial charge in [0, 0.05) is 31.6 Å². The summed E-state index contributed by atoms with van der Waals surface area (Å²) in [4.78, 5) is 16.1. The van der Waals surface area contributed by atoms with E-state index in [2.05, 4.69) is 17.0 Å². The molecule has 88 valence electrons. The summed E-state index contributed by atoms with van der Waals surface area (Å²) < 4.78 is 1.76. The van der Waals surface area contributed by atoms with Crippen LogP contribution in [-0.4, -0.2) is 20.5 Å². The first-order valence-electron chi connectivity index (χ1n) is 5.75. The van der Waals surface area contributed by atoms with Gasteiger partial charge in [-0.05, 0) is 24.1 Å². The summed E-state index contributed by atoms with van der Waals surface area (Å²) in [6, 6.07) is 5.52. The first-order chi connectivity index (χ1) is 8.31. The highest BCUT2D eigenvalue weighted by atomic mass is 16.1. The fraction of sp³-hybridized carbons (Fsp3) is 0.308. The number of aromatic nitrogens is 3. The van der Waals surface area contributed by atoms with E-state index in [4.69, 9.17) is 0 Å². The Morgan fingerprint density at radius 1 is 1.35 bits per heavy atom. The molecule has 0 amide bonds. The molecule has 0 aliphatic rings. The number of ketones is 1. The number of nitrogens with zero attached hydrogens (tertiary/aromatic N) is 3. The Labute approximate surface area is 100 Å². The van der Waals surface area contributed by atoms with E-state index in [0.717, 1.165) is 18.5 Å². The first kappa shape index (κ1) is 11.5. The fourth-order valence-corrected chi connectivity index (χ4v) is 1.74. The van der Waals surface area contributed by atoms with Crippen molar-refractivity contribution in [1.29, 1.82) is 0 Å². The molecule has 0 unspecified atom stereocenters. The van der Waals surface area contributed by atoms with Gasteiger partial charge in [0.1, 0.15) is 5.69 Å². The Kier molecular flexibility index (Phi) is 3.65. The third-order valence-corrected chi connectivity index (χ3v) is 2.53. The number of Topliss-reactive ketones (excluding diaryl/α,β-unsaturated/α-hetero) is 1. The van der Waals surface area contributed by atoms with E-state index in [1.54, 1.807) is 29.3 Å². The quantitative estimate of drug-likeness (QED) is 0.738. The average molecular weight is 229 g/mol. The van der Waals surface area contributed by atoms with Gasteiger partial charge in [0.2, 0.25) is 0 Å². The van der Waals surface area contributed by atoms with Crippen molar-refractivity contribution in [2.24, 2.45) is 0 Å². The minimum absolute atomic E-state index is 0.0870. The maximum Gasteiger partial charge on any atom is 0.185 e. The number of carbonyl (C=O) groups is 1. The highest BCUT2D eigenvalue weighted by Gasteiger charge is 2.12. The van der Waals surface area contributed by atoms with Crippen LogP contribution in [0.15, 0.2) is 36.8 Å². The van der Waals surface area contributed by atoms with Gasteiger partial charge in [0.15, 0.2) is 5.78 Å². The number of aryl methyl sites for hydroxylation is 1. The third kappa shape index (κ3) is 2.78. The van der Waals surface area contributed by atoms with E-state index in [0.29, 0.717) is 12.1 Å². The summed E-state index contributed by atoms with van der Waals surface area (Å²) in [6.45, 7) is 2.85.